The van der Waals surface area contributed by atoms with Gasteiger partial charge in [-0.3, -0.25) is 9.79 Å². The number of rotatable bonds is 6. The lowest BCUT2D eigenvalue weighted by molar-refractivity contribution is -0.138. The number of aliphatic imine (C=N–C) groups is 1. The maximum atomic E-state index is 11.7. The number of nitrogens with one attached hydrogen (secondary N) is 1. The van der Waals surface area contributed by atoms with Crippen molar-refractivity contribution in [1.82, 2.24) is 4.98 Å². The van der Waals surface area contributed by atoms with Crippen LogP contribution in [-0.4, -0.2) is 22.3 Å². The Hall–Kier alpha value is -4.12. The minimum atomic E-state index is -0.987. The van der Waals surface area contributed by atoms with Crippen molar-refractivity contribution >= 4 is 23.1 Å². The molecule has 0 saturated carbocycles. The minimum absolute atomic E-state index is 0.149. The third kappa shape index (κ3) is 3.62. The van der Waals surface area contributed by atoms with Gasteiger partial charge in [0.1, 0.15) is 17.0 Å². The monoisotopic (exact) mass is 408 g/mol. The molecule has 5 nitrogen and oxygen atoms in total. The van der Waals surface area contributed by atoms with E-state index in [-0.39, 0.29) is 6.42 Å². The summed E-state index contributed by atoms with van der Waals surface area (Å²) in [6, 6.07) is 25.5. The Morgan fingerprint density at radius 3 is 2.39 bits per heavy atom. The Bertz CT molecular complexity index is 1290. The molecular formula is C26H20N2O3. The molecule has 2 heterocycles. The summed E-state index contributed by atoms with van der Waals surface area (Å²) in [4.78, 5) is 19.8. The Morgan fingerprint density at radius 1 is 0.968 bits per heavy atom. The van der Waals surface area contributed by atoms with Gasteiger partial charge in [-0.15, -0.1) is 0 Å². The van der Waals surface area contributed by atoms with Gasteiger partial charge in [0.2, 0.25) is 0 Å². The molecule has 152 valence electrons. The van der Waals surface area contributed by atoms with E-state index in [0.29, 0.717) is 11.5 Å². The molecule has 1 aliphatic heterocycles. The van der Waals surface area contributed by atoms with Crippen LogP contribution in [-0.2, 0) is 10.3 Å². The third-order valence-corrected chi connectivity index (χ3v) is 5.42. The van der Waals surface area contributed by atoms with Crippen molar-refractivity contribution in [3.05, 3.63) is 96.6 Å². The van der Waals surface area contributed by atoms with Crippen LogP contribution in [0.25, 0.3) is 22.2 Å². The minimum Gasteiger partial charge on any atom is -0.481 e. The lowest BCUT2D eigenvalue weighted by Crippen LogP contribution is -2.24. The number of para-hydroxylation sites is 1. The molecule has 1 aromatic heterocycles. The molecular weight excluding hydrogens is 388 g/mol. The molecule has 1 aliphatic rings. The van der Waals surface area contributed by atoms with E-state index in [1.165, 1.54) is 0 Å². The van der Waals surface area contributed by atoms with Crippen molar-refractivity contribution in [3.8, 4) is 22.8 Å². The van der Waals surface area contributed by atoms with Crippen LogP contribution in [0.1, 0.15) is 12.0 Å². The molecule has 31 heavy (non-hydrogen) atoms. The number of nitrogens with zero attached hydrogens (tertiary/aromatic N) is 1. The summed E-state index contributed by atoms with van der Waals surface area (Å²) in [7, 11) is 0. The summed E-state index contributed by atoms with van der Waals surface area (Å²) in [6.07, 6.45) is 5.13. The van der Waals surface area contributed by atoms with Crippen molar-refractivity contribution in [2.45, 2.75) is 12.0 Å². The molecule has 4 aromatic rings. The number of aromatic nitrogens is 1. The molecule has 0 spiro atoms. The number of carbonyl (C=O) groups is 1. The standard InChI is InChI=1S/C26H20N2O3/c29-24(30)17-26(12-7-13-27-26)22-16-21(31-20-10-5-2-6-11-20)14-19-15-23(28-25(19)22)18-8-3-1-4-9-18/h1-16,28H,17H2,(H,29,30). The maximum Gasteiger partial charge on any atom is 0.306 e. The van der Waals surface area contributed by atoms with E-state index in [0.717, 1.165) is 27.7 Å². The van der Waals surface area contributed by atoms with E-state index in [2.05, 4.69) is 16.0 Å². The SMILES string of the molecule is O=C(O)CC1(c2cc(Oc3ccccc3)cc3cc(-c4ccccc4)[nH]c23)C=CC=N1. The lowest BCUT2D eigenvalue weighted by Gasteiger charge is -2.24. The summed E-state index contributed by atoms with van der Waals surface area (Å²) < 4.78 is 6.11. The van der Waals surface area contributed by atoms with Gasteiger partial charge in [-0.05, 0) is 42.0 Å². The van der Waals surface area contributed by atoms with Crippen LogP contribution in [0.5, 0.6) is 11.5 Å². The summed E-state index contributed by atoms with van der Waals surface area (Å²) >= 11 is 0. The smallest absolute Gasteiger partial charge is 0.306 e. The average Bonchev–Trinajstić information content (AvgIpc) is 3.42. The number of hydrogen-bond donors (Lipinski definition) is 2. The van der Waals surface area contributed by atoms with Crippen molar-refractivity contribution in [2.24, 2.45) is 4.99 Å². The van der Waals surface area contributed by atoms with E-state index in [1.807, 2.05) is 78.9 Å². The molecule has 5 heteroatoms. The highest BCUT2D eigenvalue weighted by Gasteiger charge is 2.36. The normalized spacial score (nSPS) is 17.3. The first-order valence-electron chi connectivity index (χ1n) is 10.0. The highest BCUT2D eigenvalue weighted by atomic mass is 16.5. The number of carboxylic acid groups (broad SMARTS) is 1. The van der Waals surface area contributed by atoms with E-state index in [4.69, 9.17) is 4.74 Å². The summed E-state index contributed by atoms with van der Waals surface area (Å²) in [6.45, 7) is 0. The van der Waals surface area contributed by atoms with Crippen LogP contribution < -0.4 is 4.74 Å². The number of allylic oxidation sites excluding steroid dienone is 1. The first-order valence-corrected chi connectivity index (χ1v) is 10.0. The molecule has 0 amide bonds. The van der Waals surface area contributed by atoms with Gasteiger partial charge >= 0.3 is 5.97 Å². The van der Waals surface area contributed by atoms with Crippen molar-refractivity contribution in [2.75, 3.05) is 0 Å². The van der Waals surface area contributed by atoms with Crippen molar-refractivity contribution < 1.29 is 14.6 Å². The highest BCUT2D eigenvalue weighted by molar-refractivity contribution is 5.92. The van der Waals surface area contributed by atoms with Gasteiger partial charge < -0.3 is 14.8 Å². The molecule has 1 atom stereocenters. The number of carboxylic acids is 1. The van der Waals surface area contributed by atoms with Crippen LogP contribution in [0.4, 0.5) is 0 Å². The first-order chi connectivity index (χ1) is 15.1. The zero-order valence-electron chi connectivity index (χ0n) is 16.7. The number of aliphatic carboxylic acids is 1. The molecule has 0 bridgehead atoms. The number of benzene rings is 3. The van der Waals surface area contributed by atoms with Gasteiger partial charge in [0, 0.05) is 22.9 Å². The second kappa shape index (κ2) is 7.61. The first kappa shape index (κ1) is 18.9. The van der Waals surface area contributed by atoms with E-state index in [1.54, 1.807) is 12.3 Å². The zero-order valence-corrected chi connectivity index (χ0v) is 16.7. The van der Waals surface area contributed by atoms with E-state index >= 15 is 0 Å². The summed E-state index contributed by atoms with van der Waals surface area (Å²) in [5.74, 6) is 0.429. The molecule has 0 aliphatic carbocycles. The fraction of sp³-hybridized carbons (Fsp3) is 0.0769. The van der Waals surface area contributed by atoms with Gasteiger partial charge in [0.25, 0.3) is 0 Å². The molecule has 0 saturated heterocycles. The van der Waals surface area contributed by atoms with Crippen LogP contribution in [0.3, 0.4) is 0 Å². The van der Waals surface area contributed by atoms with Crippen molar-refractivity contribution in [3.63, 3.8) is 0 Å². The van der Waals surface area contributed by atoms with Crippen LogP contribution >= 0.6 is 0 Å². The topological polar surface area (TPSA) is 74.7 Å². The largest absolute Gasteiger partial charge is 0.481 e. The lowest BCUT2D eigenvalue weighted by atomic mass is 9.86. The predicted octanol–water partition coefficient (Wildman–Crippen LogP) is 5.94. The Kier molecular flexibility index (Phi) is 4.64. The zero-order chi connectivity index (χ0) is 21.3. The van der Waals surface area contributed by atoms with Gasteiger partial charge in [0.15, 0.2) is 0 Å². The Balaban J connectivity index is 1.71. The quantitative estimate of drug-likeness (QED) is 0.415. The summed E-state index contributed by atoms with van der Waals surface area (Å²) in [5, 5.41) is 10.5. The Morgan fingerprint density at radius 2 is 1.71 bits per heavy atom. The molecule has 0 radical (unpaired) electrons. The second-order valence-electron chi connectivity index (χ2n) is 7.53. The van der Waals surface area contributed by atoms with Gasteiger partial charge in [0.05, 0.1) is 11.9 Å². The highest BCUT2D eigenvalue weighted by Crippen LogP contribution is 2.42. The van der Waals surface area contributed by atoms with Crippen LogP contribution in [0, 0.1) is 0 Å². The van der Waals surface area contributed by atoms with E-state index in [9.17, 15) is 9.90 Å². The van der Waals surface area contributed by atoms with Crippen molar-refractivity contribution in [1.29, 1.82) is 0 Å². The fourth-order valence-corrected chi connectivity index (χ4v) is 4.03. The number of fused-ring (bicyclic) bond motifs is 1. The van der Waals surface area contributed by atoms with Crippen LogP contribution in [0.15, 0.2) is 96.0 Å². The van der Waals surface area contributed by atoms with Gasteiger partial charge in [-0.2, -0.15) is 0 Å². The number of ether oxygens (including phenoxy) is 1. The number of H-pyrrole nitrogens is 1. The molecule has 1 unspecified atom stereocenters. The molecule has 5 rings (SSSR count). The average molecular weight is 408 g/mol. The molecule has 2 N–H and O–H groups in total. The van der Waals surface area contributed by atoms with Gasteiger partial charge in [-0.1, -0.05) is 54.6 Å². The maximum absolute atomic E-state index is 11.7. The number of hydrogen-bond acceptors (Lipinski definition) is 3. The number of aromatic amines is 1. The second-order valence-corrected chi connectivity index (χ2v) is 7.53. The molecule has 3 aromatic carbocycles. The predicted molar refractivity (Wildman–Crippen MR) is 122 cm³/mol. The fourth-order valence-electron chi connectivity index (χ4n) is 4.03. The van der Waals surface area contributed by atoms with Crippen LogP contribution in [0.2, 0.25) is 0 Å². The Labute approximate surface area is 179 Å². The summed E-state index contributed by atoms with van der Waals surface area (Å²) in [5.41, 5.74) is 2.63. The third-order valence-electron chi connectivity index (χ3n) is 5.42. The van der Waals surface area contributed by atoms with Gasteiger partial charge in [-0.25, -0.2) is 0 Å². The molecule has 0 fully saturated rings. The van der Waals surface area contributed by atoms with E-state index < -0.39 is 11.5 Å².